The molecular formula is C16H14ClN3O4. The van der Waals surface area contributed by atoms with Crippen molar-refractivity contribution in [1.29, 1.82) is 0 Å². The molecule has 0 aliphatic heterocycles. The van der Waals surface area contributed by atoms with Gasteiger partial charge in [0.1, 0.15) is 0 Å². The zero-order chi connectivity index (χ0) is 17.3. The van der Waals surface area contributed by atoms with Crippen molar-refractivity contribution in [3.05, 3.63) is 73.7 Å². The summed E-state index contributed by atoms with van der Waals surface area (Å²) in [5.74, 6) is -0.451. The van der Waals surface area contributed by atoms with E-state index in [1.54, 1.807) is 25.2 Å². The summed E-state index contributed by atoms with van der Waals surface area (Å²) in [7, 11) is 1.80. The molecule has 0 aliphatic rings. The van der Waals surface area contributed by atoms with Gasteiger partial charge in [-0.05, 0) is 30.8 Å². The van der Waals surface area contributed by atoms with Crippen LogP contribution in [-0.4, -0.2) is 21.4 Å². The van der Waals surface area contributed by atoms with Gasteiger partial charge in [0.05, 0.1) is 17.1 Å². The van der Waals surface area contributed by atoms with E-state index in [1.165, 1.54) is 22.8 Å². The van der Waals surface area contributed by atoms with Crippen LogP contribution >= 0.6 is 11.6 Å². The number of para-hydroxylation sites is 2. The molecule has 0 fully saturated rings. The molecule has 0 unspecified atom stereocenters. The highest BCUT2D eigenvalue weighted by atomic mass is 35.5. The van der Waals surface area contributed by atoms with Crippen molar-refractivity contribution < 1.29 is 9.34 Å². The first-order valence-electron chi connectivity index (χ1n) is 7.15. The highest BCUT2D eigenvalue weighted by Gasteiger charge is 2.14. The van der Waals surface area contributed by atoms with E-state index in [0.29, 0.717) is 28.2 Å². The van der Waals surface area contributed by atoms with Crippen LogP contribution in [0.2, 0.25) is 5.02 Å². The summed E-state index contributed by atoms with van der Waals surface area (Å²) in [5, 5.41) is 11.3. The molecule has 0 radical (unpaired) electrons. The van der Waals surface area contributed by atoms with Gasteiger partial charge in [0.15, 0.2) is 5.58 Å². The Morgan fingerprint density at radius 3 is 2.79 bits per heavy atom. The fourth-order valence-electron chi connectivity index (χ4n) is 2.53. The summed E-state index contributed by atoms with van der Waals surface area (Å²) >= 11 is 6.12. The number of aromatic nitrogens is 1. The maximum Gasteiger partial charge on any atom is 0.421 e. The molecule has 2 aromatic carbocycles. The minimum absolute atomic E-state index is 0.0197. The van der Waals surface area contributed by atoms with Gasteiger partial charge in [-0.15, -0.1) is 0 Å². The second-order valence-corrected chi connectivity index (χ2v) is 5.86. The minimum atomic E-state index is -0.464. The van der Waals surface area contributed by atoms with Crippen LogP contribution < -0.4 is 5.76 Å². The second-order valence-electron chi connectivity index (χ2n) is 5.45. The van der Waals surface area contributed by atoms with Gasteiger partial charge < -0.3 is 4.42 Å². The zero-order valence-corrected chi connectivity index (χ0v) is 13.6. The summed E-state index contributed by atoms with van der Waals surface area (Å²) in [6.45, 7) is 0.626. The van der Waals surface area contributed by atoms with Gasteiger partial charge in [-0.1, -0.05) is 23.7 Å². The van der Waals surface area contributed by atoms with Crippen molar-refractivity contribution in [1.82, 2.24) is 9.47 Å². The van der Waals surface area contributed by atoms with Crippen molar-refractivity contribution in [3.63, 3.8) is 0 Å². The Balaban J connectivity index is 1.84. The van der Waals surface area contributed by atoms with Crippen LogP contribution in [0.25, 0.3) is 11.1 Å². The highest BCUT2D eigenvalue weighted by molar-refractivity contribution is 6.31. The van der Waals surface area contributed by atoms with Crippen LogP contribution in [0.3, 0.4) is 0 Å². The summed E-state index contributed by atoms with van der Waals surface area (Å²) in [5.41, 5.74) is 1.81. The quantitative estimate of drug-likeness (QED) is 0.522. The third-order valence-electron chi connectivity index (χ3n) is 3.64. The fourth-order valence-corrected chi connectivity index (χ4v) is 2.70. The van der Waals surface area contributed by atoms with E-state index in [1.807, 2.05) is 11.0 Å². The summed E-state index contributed by atoms with van der Waals surface area (Å²) in [6, 6.07) is 11.4. The summed E-state index contributed by atoms with van der Waals surface area (Å²) in [6.07, 6.45) is 0. The molecular weight excluding hydrogens is 334 g/mol. The molecule has 1 heterocycles. The van der Waals surface area contributed by atoms with Crippen LogP contribution in [0.1, 0.15) is 5.56 Å². The highest BCUT2D eigenvalue weighted by Crippen LogP contribution is 2.23. The largest absolute Gasteiger partial charge is 0.421 e. The number of non-ortho nitro benzene ring substituents is 1. The Hall–Kier alpha value is -2.64. The predicted molar refractivity (Wildman–Crippen MR) is 90.0 cm³/mol. The fraction of sp³-hybridized carbons (Fsp3) is 0.188. The van der Waals surface area contributed by atoms with E-state index in [0.717, 1.165) is 0 Å². The molecule has 3 rings (SSSR count). The van der Waals surface area contributed by atoms with E-state index < -0.39 is 10.7 Å². The number of hydrogen-bond donors (Lipinski definition) is 0. The van der Waals surface area contributed by atoms with Crippen LogP contribution in [0.5, 0.6) is 0 Å². The van der Waals surface area contributed by atoms with Crippen LogP contribution in [0.15, 0.2) is 51.7 Å². The average Bonchev–Trinajstić information content (AvgIpc) is 2.85. The first kappa shape index (κ1) is 16.2. The van der Waals surface area contributed by atoms with Crippen molar-refractivity contribution in [3.8, 4) is 0 Å². The molecule has 0 saturated carbocycles. The number of hydrogen-bond acceptors (Lipinski definition) is 5. The number of halogens is 1. The van der Waals surface area contributed by atoms with Gasteiger partial charge in [0, 0.05) is 23.7 Å². The van der Waals surface area contributed by atoms with Crippen LogP contribution in [0, 0.1) is 10.1 Å². The molecule has 124 valence electrons. The normalized spacial score (nSPS) is 11.3. The van der Waals surface area contributed by atoms with Gasteiger partial charge in [-0.3, -0.25) is 19.6 Å². The van der Waals surface area contributed by atoms with E-state index in [9.17, 15) is 14.9 Å². The number of oxazole rings is 1. The van der Waals surface area contributed by atoms with Crippen molar-refractivity contribution in [2.24, 2.45) is 0 Å². The Bertz CT molecular complexity index is 963. The first-order chi connectivity index (χ1) is 11.5. The smallest absolute Gasteiger partial charge is 0.408 e. The van der Waals surface area contributed by atoms with E-state index in [4.69, 9.17) is 16.0 Å². The van der Waals surface area contributed by atoms with E-state index >= 15 is 0 Å². The van der Waals surface area contributed by atoms with Gasteiger partial charge in [-0.2, -0.15) is 0 Å². The van der Waals surface area contributed by atoms with E-state index in [-0.39, 0.29) is 12.4 Å². The molecule has 3 aromatic rings. The third-order valence-corrected chi connectivity index (χ3v) is 4.01. The van der Waals surface area contributed by atoms with Gasteiger partial charge >= 0.3 is 5.76 Å². The molecule has 8 heteroatoms. The molecule has 7 nitrogen and oxygen atoms in total. The second kappa shape index (κ2) is 6.46. The average molecular weight is 348 g/mol. The Labute approximate surface area is 141 Å². The number of rotatable bonds is 5. The number of benzene rings is 2. The molecule has 24 heavy (non-hydrogen) atoms. The molecule has 0 aliphatic carbocycles. The lowest BCUT2D eigenvalue weighted by Gasteiger charge is -2.17. The maximum atomic E-state index is 12.0. The van der Waals surface area contributed by atoms with Crippen LogP contribution in [0.4, 0.5) is 5.69 Å². The van der Waals surface area contributed by atoms with Crippen molar-refractivity contribution in [2.45, 2.75) is 13.2 Å². The molecule has 0 bridgehead atoms. The Kier molecular flexibility index (Phi) is 4.37. The number of nitrogens with zero attached hydrogens (tertiary/aromatic N) is 3. The SMILES string of the molecule is CN(Cc1cc([N+](=O)[O-])ccc1Cl)Cn1c(=O)oc2ccccc21. The van der Waals surface area contributed by atoms with Gasteiger partial charge in [-0.25, -0.2) is 4.79 Å². The predicted octanol–water partition coefficient (Wildman–Crippen LogP) is 3.25. The molecule has 0 spiro atoms. The summed E-state index contributed by atoms with van der Waals surface area (Å²) < 4.78 is 6.69. The van der Waals surface area contributed by atoms with Crippen LogP contribution in [-0.2, 0) is 13.2 Å². The number of nitro groups is 1. The Morgan fingerprint density at radius 2 is 2.04 bits per heavy atom. The van der Waals surface area contributed by atoms with Gasteiger partial charge in [0.2, 0.25) is 0 Å². The minimum Gasteiger partial charge on any atom is -0.408 e. The lowest BCUT2D eigenvalue weighted by molar-refractivity contribution is -0.384. The van der Waals surface area contributed by atoms with E-state index in [2.05, 4.69) is 0 Å². The monoisotopic (exact) mass is 347 g/mol. The zero-order valence-electron chi connectivity index (χ0n) is 12.8. The third kappa shape index (κ3) is 3.17. The topological polar surface area (TPSA) is 81.5 Å². The molecule has 0 N–H and O–H groups in total. The van der Waals surface area contributed by atoms with Crippen molar-refractivity contribution >= 4 is 28.4 Å². The standard InChI is InChI=1S/C16H14ClN3O4/c1-18(9-11-8-12(20(22)23)6-7-13(11)17)10-19-14-4-2-3-5-15(14)24-16(19)21/h2-8H,9-10H2,1H3. The lowest BCUT2D eigenvalue weighted by atomic mass is 10.2. The molecule has 0 amide bonds. The maximum absolute atomic E-state index is 12.0. The molecule has 1 aromatic heterocycles. The molecule has 0 atom stereocenters. The number of fused-ring (bicyclic) bond motifs is 1. The summed E-state index contributed by atoms with van der Waals surface area (Å²) in [4.78, 5) is 24.2. The number of nitro benzene ring substituents is 1. The molecule has 0 saturated heterocycles. The van der Waals surface area contributed by atoms with Gasteiger partial charge in [0.25, 0.3) is 5.69 Å². The lowest BCUT2D eigenvalue weighted by Crippen LogP contribution is -2.27. The Morgan fingerprint density at radius 1 is 1.29 bits per heavy atom. The van der Waals surface area contributed by atoms with Crippen molar-refractivity contribution in [2.75, 3.05) is 7.05 Å². The first-order valence-corrected chi connectivity index (χ1v) is 7.53.